The van der Waals surface area contributed by atoms with Gasteiger partial charge in [-0.15, -0.1) is 23.1 Å². The molecule has 1 aromatic carbocycles. The first-order valence-electron chi connectivity index (χ1n) is 7.06. The normalized spacial score (nSPS) is 18.6. The molecule has 1 aromatic heterocycles. The van der Waals surface area contributed by atoms with Gasteiger partial charge in [0.25, 0.3) is 0 Å². The molecule has 1 aliphatic heterocycles. The molecule has 0 spiro atoms. The van der Waals surface area contributed by atoms with Crippen LogP contribution < -0.4 is 10.6 Å². The molecule has 2 aromatic rings. The van der Waals surface area contributed by atoms with Crippen molar-refractivity contribution in [3.8, 4) is 0 Å². The Bertz CT molecular complexity index is 612. The van der Waals surface area contributed by atoms with Gasteiger partial charge in [-0.05, 0) is 36.4 Å². The fourth-order valence-corrected chi connectivity index (χ4v) is 4.36. The highest BCUT2D eigenvalue weighted by Crippen LogP contribution is 2.35. The number of carbonyl (C=O) groups is 1. The van der Waals surface area contributed by atoms with Crippen LogP contribution in [0, 0.1) is 0 Å². The maximum absolute atomic E-state index is 12.2. The smallest absolute Gasteiger partial charge is 0.315 e. The highest BCUT2D eigenvalue weighted by molar-refractivity contribution is 7.99. The summed E-state index contributed by atoms with van der Waals surface area (Å²) < 4.78 is 0. The number of nitrogens with one attached hydrogen (secondary N) is 2. The third kappa shape index (κ3) is 3.41. The third-order valence-corrected chi connectivity index (χ3v) is 5.76. The molecule has 0 aliphatic carbocycles. The van der Waals surface area contributed by atoms with E-state index in [1.54, 1.807) is 11.3 Å². The van der Waals surface area contributed by atoms with Crippen molar-refractivity contribution in [3.63, 3.8) is 0 Å². The summed E-state index contributed by atoms with van der Waals surface area (Å²) >= 11 is 3.52. The predicted molar refractivity (Wildman–Crippen MR) is 88.9 cm³/mol. The average Bonchev–Trinajstić information content (AvgIpc) is 3.02. The van der Waals surface area contributed by atoms with Crippen LogP contribution in [0.3, 0.4) is 0 Å². The van der Waals surface area contributed by atoms with Crippen LogP contribution in [0.2, 0.25) is 0 Å². The summed E-state index contributed by atoms with van der Waals surface area (Å²) in [5.41, 5.74) is 1.23. The number of rotatable bonds is 3. The van der Waals surface area contributed by atoms with E-state index in [2.05, 4.69) is 22.8 Å². The van der Waals surface area contributed by atoms with Crippen molar-refractivity contribution >= 4 is 29.1 Å². The molecule has 21 heavy (non-hydrogen) atoms. The number of amides is 2. The lowest BCUT2D eigenvalue weighted by Gasteiger charge is -2.26. The van der Waals surface area contributed by atoms with Crippen molar-refractivity contribution in [2.75, 3.05) is 5.75 Å². The number of fused-ring (bicyclic) bond motifs is 1. The van der Waals surface area contributed by atoms with Gasteiger partial charge in [-0.3, -0.25) is 0 Å². The summed E-state index contributed by atoms with van der Waals surface area (Å²) in [5, 5.41) is 8.15. The molecule has 5 heteroatoms. The van der Waals surface area contributed by atoms with Crippen LogP contribution in [0.1, 0.15) is 35.9 Å². The van der Waals surface area contributed by atoms with Gasteiger partial charge in [0.1, 0.15) is 0 Å². The van der Waals surface area contributed by atoms with E-state index < -0.39 is 0 Å². The second-order valence-electron chi connectivity index (χ2n) is 5.08. The Kier molecular flexibility index (Phi) is 4.51. The third-order valence-electron chi connectivity index (χ3n) is 3.58. The minimum Gasteiger partial charge on any atom is -0.331 e. The lowest BCUT2D eigenvalue weighted by molar-refractivity contribution is 0.233. The zero-order valence-electron chi connectivity index (χ0n) is 11.8. The molecule has 3 rings (SSSR count). The zero-order chi connectivity index (χ0) is 14.7. The first-order chi connectivity index (χ1) is 10.2. The minimum absolute atomic E-state index is 0.0400. The second-order valence-corrected chi connectivity index (χ2v) is 7.20. The summed E-state index contributed by atoms with van der Waals surface area (Å²) in [7, 11) is 0. The summed E-state index contributed by atoms with van der Waals surface area (Å²) in [4.78, 5) is 14.7. The predicted octanol–water partition coefficient (Wildman–Crippen LogP) is 4.35. The van der Waals surface area contributed by atoms with Gasteiger partial charge in [-0.1, -0.05) is 24.3 Å². The molecule has 0 bridgehead atoms. The van der Waals surface area contributed by atoms with Crippen LogP contribution in [0.5, 0.6) is 0 Å². The molecule has 110 valence electrons. The van der Waals surface area contributed by atoms with Crippen molar-refractivity contribution < 1.29 is 4.79 Å². The quantitative estimate of drug-likeness (QED) is 0.883. The molecule has 0 saturated carbocycles. The Labute approximate surface area is 133 Å². The summed E-state index contributed by atoms with van der Waals surface area (Å²) in [5.74, 6) is 1.04. The van der Waals surface area contributed by atoms with E-state index in [-0.39, 0.29) is 18.1 Å². The molecule has 2 heterocycles. The minimum atomic E-state index is -0.0948. The Morgan fingerprint density at radius 1 is 1.29 bits per heavy atom. The van der Waals surface area contributed by atoms with Crippen LogP contribution in [-0.2, 0) is 0 Å². The fourth-order valence-electron chi connectivity index (χ4n) is 2.50. The number of hydrogen-bond donors (Lipinski definition) is 2. The number of benzene rings is 1. The van der Waals surface area contributed by atoms with E-state index in [9.17, 15) is 4.79 Å². The van der Waals surface area contributed by atoms with Crippen molar-refractivity contribution in [1.82, 2.24) is 10.6 Å². The largest absolute Gasteiger partial charge is 0.331 e. The molecule has 1 aliphatic rings. The lowest BCUT2D eigenvalue weighted by atomic mass is 10.0. The van der Waals surface area contributed by atoms with E-state index in [0.717, 1.165) is 12.2 Å². The van der Waals surface area contributed by atoms with Gasteiger partial charge in [-0.25, -0.2) is 4.79 Å². The Balaban J connectivity index is 1.63. The van der Waals surface area contributed by atoms with E-state index in [0.29, 0.717) is 0 Å². The fraction of sp³-hybridized carbons (Fsp3) is 0.312. The molecular formula is C16H18N2OS2. The van der Waals surface area contributed by atoms with Crippen LogP contribution in [0.15, 0.2) is 46.7 Å². The number of hydrogen-bond acceptors (Lipinski definition) is 3. The Morgan fingerprint density at radius 2 is 2.14 bits per heavy atom. The molecule has 0 saturated heterocycles. The lowest BCUT2D eigenvalue weighted by Crippen LogP contribution is -2.39. The van der Waals surface area contributed by atoms with Crippen LogP contribution in [-0.4, -0.2) is 11.8 Å². The maximum atomic E-state index is 12.2. The summed E-state index contributed by atoms with van der Waals surface area (Å²) in [6, 6.07) is 12.4. The van der Waals surface area contributed by atoms with E-state index >= 15 is 0 Å². The van der Waals surface area contributed by atoms with Crippen molar-refractivity contribution in [3.05, 3.63) is 52.2 Å². The number of carbonyl (C=O) groups excluding carboxylic acids is 1. The molecule has 3 nitrogen and oxygen atoms in total. The monoisotopic (exact) mass is 318 g/mol. The first-order valence-corrected chi connectivity index (χ1v) is 8.92. The van der Waals surface area contributed by atoms with Crippen LogP contribution in [0.25, 0.3) is 0 Å². The van der Waals surface area contributed by atoms with E-state index in [4.69, 9.17) is 0 Å². The SMILES string of the molecule is C[C@@H](NC(=O)N[C@@H]1CCSc2ccccc21)c1cccs1. The summed E-state index contributed by atoms with van der Waals surface area (Å²) in [6.07, 6.45) is 0.975. The zero-order valence-corrected chi connectivity index (χ0v) is 13.5. The second kappa shape index (κ2) is 6.54. The number of thioether (sulfide) groups is 1. The average molecular weight is 318 g/mol. The van der Waals surface area contributed by atoms with Crippen molar-refractivity contribution in [2.45, 2.75) is 30.3 Å². The Hall–Kier alpha value is -1.46. The van der Waals surface area contributed by atoms with Gasteiger partial charge in [0, 0.05) is 15.5 Å². The van der Waals surface area contributed by atoms with Gasteiger partial charge in [0.15, 0.2) is 0 Å². The maximum Gasteiger partial charge on any atom is 0.315 e. The van der Waals surface area contributed by atoms with Crippen molar-refractivity contribution in [2.24, 2.45) is 0 Å². The number of urea groups is 1. The topological polar surface area (TPSA) is 41.1 Å². The van der Waals surface area contributed by atoms with Gasteiger partial charge in [0.05, 0.1) is 12.1 Å². The van der Waals surface area contributed by atoms with Gasteiger partial charge in [-0.2, -0.15) is 0 Å². The molecule has 2 N–H and O–H groups in total. The highest BCUT2D eigenvalue weighted by atomic mass is 32.2. The molecular weight excluding hydrogens is 300 g/mol. The van der Waals surface area contributed by atoms with Crippen LogP contribution >= 0.6 is 23.1 Å². The standard InChI is InChI=1S/C16H18N2OS2/c1-11(14-7-4-9-20-14)17-16(19)18-13-8-10-21-15-6-3-2-5-12(13)15/h2-7,9,11,13H,8,10H2,1H3,(H2,17,18,19)/t11-,13-/m1/s1. The molecule has 0 radical (unpaired) electrons. The Morgan fingerprint density at radius 3 is 2.95 bits per heavy atom. The number of thiophene rings is 1. The van der Waals surface area contributed by atoms with Crippen molar-refractivity contribution in [1.29, 1.82) is 0 Å². The highest BCUT2D eigenvalue weighted by Gasteiger charge is 2.22. The van der Waals surface area contributed by atoms with Gasteiger partial charge in [0.2, 0.25) is 0 Å². The van der Waals surface area contributed by atoms with Gasteiger partial charge < -0.3 is 10.6 Å². The summed E-state index contributed by atoms with van der Waals surface area (Å²) in [6.45, 7) is 2.01. The van der Waals surface area contributed by atoms with Crippen LogP contribution in [0.4, 0.5) is 4.79 Å². The molecule has 0 fully saturated rings. The van der Waals surface area contributed by atoms with E-state index in [1.807, 2.05) is 48.3 Å². The first kappa shape index (κ1) is 14.5. The molecule has 2 atom stereocenters. The van der Waals surface area contributed by atoms with E-state index in [1.165, 1.54) is 15.3 Å². The molecule has 2 amide bonds. The molecule has 0 unspecified atom stereocenters. The van der Waals surface area contributed by atoms with Gasteiger partial charge >= 0.3 is 6.03 Å².